The summed E-state index contributed by atoms with van der Waals surface area (Å²) in [5.74, 6) is -0.184. The van der Waals surface area contributed by atoms with E-state index in [-0.39, 0.29) is 11.7 Å². The standard InChI is InChI=1S/C38H50BF3N6O11/c1-29-2-3-30(24-34(29)39(50)51)37(49)43-8-10-52-12-14-54-16-18-56-20-22-58-23-21-57-19-17-55-15-13-53-11-9-48-27-31(26-46-48)35-25-36(45-28-44-35)47-32-4-6-33(7-5-32)59-38(40,41)42/h2-7,24-28,50-51H,8-23H2,1H3,(H,43,49)(H,44,45,47). The Morgan fingerprint density at radius 2 is 1.31 bits per heavy atom. The largest absolute Gasteiger partial charge is 0.573 e. The van der Waals surface area contributed by atoms with Crippen LogP contribution in [-0.4, -0.2) is 148 Å². The van der Waals surface area contributed by atoms with Crippen molar-refractivity contribution in [2.24, 2.45) is 0 Å². The maximum absolute atomic E-state index is 12.4. The third-order valence-corrected chi connectivity index (χ3v) is 8.00. The molecule has 2 aromatic heterocycles. The molecule has 0 atom stereocenters. The van der Waals surface area contributed by atoms with Crippen LogP contribution in [0, 0.1) is 6.92 Å². The Morgan fingerprint density at radius 1 is 0.746 bits per heavy atom. The summed E-state index contributed by atoms with van der Waals surface area (Å²) in [6.07, 6.45) is 0.121. The quantitative estimate of drug-likeness (QED) is 0.0441. The Balaban J connectivity index is 0.885. The SMILES string of the molecule is Cc1ccc(C(=O)NCCOCCOCCOCCOCCOCCOCCOCCn2cc(-c3cc(Nc4ccc(OC(F)(F)F)cc4)ncn3)cn2)cc1B(O)O. The van der Waals surface area contributed by atoms with Gasteiger partial charge in [-0.05, 0) is 48.8 Å². The van der Waals surface area contributed by atoms with Crippen molar-refractivity contribution in [3.05, 3.63) is 78.4 Å². The number of aryl methyl sites for hydroxylation is 1. The van der Waals surface area contributed by atoms with E-state index < -0.39 is 13.5 Å². The lowest BCUT2D eigenvalue weighted by Crippen LogP contribution is -2.34. The average molecular weight is 835 g/mol. The number of hydrogen-bond acceptors (Lipinski definition) is 15. The average Bonchev–Trinajstić information content (AvgIpc) is 3.69. The van der Waals surface area contributed by atoms with Crippen LogP contribution < -0.4 is 20.8 Å². The Hall–Kier alpha value is -4.71. The summed E-state index contributed by atoms with van der Waals surface area (Å²) in [6.45, 7) is 8.32. The lowest BCUT2D eigenvalue weighted by atomic mass is 9.76. The van der Waals surface area contributed by atoms with Gasteiger partial charge in [0.05, 0.1) is 111 Å². The zero-order valence-electron chi connectivity index (χ0n) is 32.7. The van der Waals surface area contributed by atoms with Crippen molar-refractivity contribution in [2.45, 2.75) is 19.8 Å². The first-order valence-corrected chi connectivity index (χ1v) is 18.8. The van der Waals surface area contributed by atoms with Gasteiger partial charge in [-0.1, -0.05) is 11.6 Å². The normalized spacial score (nSPS) is 11.5. The summed E-state index contributed by atoms with van der Waals surface area (Å²) in [7, 11) is -1.64. The lowest BCUT2D eigenvalue weighted by Gasteiger charge is -2.10. The van der Waals surface area contributed by atoms with E-state index in [1.165, 1.54) is 36.7 Å². The number of anilines is 2. The minimum Gasteiger partial charge on any atom is -0.423 e. The smallest absolute Gasteiger partial charge is 0.423 e. The molecular formula is C38H50BF3N6O11. The monoisotopic (exact) mass is 834 g/mol. The molecule has 0 fully saturated rings. The van der Waals surface area contributed by atoms with Crippen LogP contribution in [-0.2, 0) is 39.7 Å². The molecule has 0 unspecified atom stereocenters. The highest BCUT2D eigenvalue weighted by atomic mass is 19.4. The van der Waals surface area contributed by atoms with Crippen molar-refractivity contribution in [1.82, 2.24) is 25.1 Å². The third-order valence-electron chi connectivity index (χ3n) is 8.00. The minimum absolute atomic E-state index is 0.291. The van der Waals surface area contributed by atoms with Crippen molar-refractivity contribution >= 4 is 30.0 Å². The summed E-state index contributed by atoms with van der Waals surface area (Å²) in [4.78, 5) is 20.7. The number of aromatic nitrogens is 4. The molecule has 0 aliphatic heterocycles. The van der Waals surface area contributed by atoms with Crippen LogP contribution in [0.4, 0.5) is 24.7 Å². The molecule has 4 N–H and O–H groups in total. The van der Waals surface area contributed by atoms with Gasteiger partial charge in [0.25, 0.3) is 5.91 Å². The summed E-state index contributed by atoms with van der Waals surface area (Å²) in [6, 6.07) is 11.8. The van der Waals surface area contributed by atoms with Gasteiger partial charge in [0, 0.05) is 35.6 Å². The van der Waals surface area contributed by atoms with Crippen molar-refractivity contribution < 1.29 is 65.9 Å². The first kappa shape index (κ1) is 47.0. The summed E-state index contributed by atoms with van der Waals surface area (Å²) in [5, 5.41) is 28.9. The second kappa shape index (κ2) is 26.4. The fourth-order valence-corrected chi connectivity index (χ4v) is 5.07. The Bertz CT molecular complexity index is 1790. The maximum Gasteiger partial charge on any atom is 0.573 e. The molecular weight excluding hydrogens is 784 g/mol. The Labute approximate surface area is 340 Å². The van der Waals surface area contributed by atoms with Gasteiger partial charge in [0.15, 0.2) is 0 Å². The molecule has 0 aliphatic carbocycles. The number of nitrogens with one attached hydrogen (secondary N) is 2. The van der Waals surface area contributed by atoms with Gasteiger partial charge in [0.1, 0.15) is 17.9 Å². The minimum atomic E-state index is -4.76. The molecule has 0 aliphatic rings. The van der Waals surface area contributed by atoms with Crippen LogP contribution in [0.1, 0.15) is 15.9 Å². The van der Waals surface area contributed by atoms with E-state index in [1.807, 2.05) is 6.20 Å². The van der Waals surface area contributed by atoms with Crippen LogP contribution >= 0.6 is 0 Å². The van der Waals surface area contributed by atoms with E-state index in [9.17, 15) is 28.0 Å². The Morgan fingerprint density at radius 3 is 1.86 bits per heavy atom. The number of alkyl halides is 3. The number of hydrogen-bond donors (Lipinski definition) is 4. The zero-order chi connectivity index (χ0) is 42.1. The molecule has 0 radical (unpaired) electrons. The van der Waals surface area contributed by atoms with Crippen LogP contribution in [0.15, 0.2) is 67.3 Å². The van der Waals surface area contributed by atoms with Gasteiger partial charge in [-0.25, -0.2) is 9.97 Å². The van der Waals surface area contributed by atoms with E-state index >= 15 is 0 Å². The van der Waals surface area contributed by atoms with E-state index in [0.29, 0.717) is 139 Å². The van der Waals surface area contributed by atoms with Crippen molar-refractivity contribution in [1.29, 1.82) is 0 Å². The van der Waals surface area contributed by atoms with E-state index in [1.54, 1.807) is 36.0 Å². The van der Waals surface area contributed by atoms with E-state index in [2.05, 4.69) is 30.4 Å². The lowest BCUT2D eigenvalue weighted by molar-refractivity contribution is -0.274. The second-order valence-electron chi connectivity index (χ2n) is 12.5. The fraction of sp³-hybridized carbons (Fsp3) is 0.474. The number of amides is 1. The predicted molar refractivity (Wildman–Crippen MR) is 209 cm³/mol. The topological polar surface area (TPSA) is 199 Å². The molecule has 322 valence electrons. The molecule has 2 aromatic carbocycles. The summed E-state index contributed by atoms with van der Waals surface area (Å²) < 4.78 is 81.4. The fourth-order valence-electron chi connectivity index (χ4n) is 5.07. The molecule has 59 heavy (non-hydrogen) atoms. The van der Waals surface area contributed by atoms with Gasteiger partial charge in [-0.3, -0.25) is 9.48 Å². The molecule has 4 aromatic rings. The van der Waals surface area contributed by atoms with E-state index in [4.69, 9.17) is 33.2 Å². The zero-order valence-corrected chi connectivity index (χ0v) is 32.7. The van der Waals surface area contributed by atoms with Crippen LogP contribution in [0.2, 0.25) is 0 Å². The molecule has 0 saturated heterocycles. The van der Waals surface area contributed by atoms with Crippen molar-refractivity contribution in [3.63, 3.8) is 0 Å². The van der Waals surface area contributed by atoms with Crippen LogP contribution in [0.5, 0.6) is 5.75 Å². The van der Waals surface area contributed by atoms with E-state index in [0.717, 1.165) is 5.56 Å². The van der Waals surface area contributed by atoms with Gasteiger partial charge < -0.3 is 58.6 Å². The number of ether oxygens (including phenoxy) is 8. The first-order chi connectivity index (χ1) is 28.6. The van der Waals surface area contributed by atoms with Crippen LogP contribution in [0.3, 0.4) is 0 Å². The van der Waals surface area contributed by atoms with Crippen molar-refractivity contribution in [3.8, 4) is 17.0 Å². The molecule has 17 nitrogen and oxygen atoms in total. The van der Waals surface area contributed by atoms with Crippen LogP contribution in [0.25, 0.3) is 11.3 Å². The summed E-state index contributed by atoms with van der Waals surface area (Å²) in [5.41, 5.74) is 3.22. The number of nitrogens with zero attached hydrogens (tertiary/aromatic N) is 4. The molecule has 0 bridgehead atoms. The predicted octanol–water partition coefficient (Wildman–Crippen LogP) is 2.52. The number of rotatable bonds is 30. The molecule has 1 amide bonds. The first-order valence-electron chi connectivity index (χ1n) is 18.8. The maximum atomic E-state index is 12.4. The molecule has 0 saturated carbocycles. The number of carbonyl (C=O) groups is 1. The van der Waals surface area contributed by atoms with Crippen molar-refractivity contribution in [2.75, 3.05) is 104 Å². The highest BCUT2D eigenvalue weighted by molar-refractivity contribution is 6.59. The second-order valence-corrected chi connectivity index (χ2v) is 12.5. The number of benzene rings is 2. The summed E-state index contributed by atoms with van der Waals surface area (Å²) >= 11 is 0. The molecule has 21 heteroatoms. The molecule has 2 heterocycles. The van der Waals surface area contributed by atoms with Gasteiger partial charge in [-0.15, -0.1) is 13.2 Å². The third kappa shape index (κ3) is 19.3. The number of halogens is 3. The Kier molecular flexibility index (Phi) is 21.0. The highest BCUT2D eigenvalue weighted by Gasteiger charge is 2.31. The molecule has 0 spiro atoms. The highest BCUT2D eigenvalue weighted by Crippen LogP contribution is 2.26. The van der Waals surface area contributed by atoms with Gasteiger partial charge in [-0.2, -0.15) is 5.10 Å². The van der Waals surface area contributed by atoms with Gasteiger partial charge in [0.2, 0.25) is 0 Å². The van der Waals surface area contributed by atoms with Gasteiger partial charge >= 0.3 is 13.5 Å². The number of carbonyl (C=O) groups excluding carboxylic acids is 1. The molecule has 4 rings (SSSR count).